The number of amides is 2. The van der Waals surface area contributed by atoms with Gasteiger partial charge in [-0.2, -0.15) is 0 Å². The van der Waals surface area contributed by atoms with Gasteiger partial charge < -0.3 is 14.5 Å². The summed E-state index contributed by atoms with van der Waals surface area (Å²) < 4.78 is 6.77. The minimum Gasteiger partial charge on any atom is -0.442 e. The molecule has 2 aromatic heterocycles. The molecule has 0 saturated carbocycles. The molecule has 5 rings (SSSR count). The van der Waals surface area contributed by atoms with Crippen LogP contribution in [0, 0.1) is 0 Å². The van der Waals surface area contributed by atoms with Gasteiger partial charge in [0, 0.05) is 25.7 Å². The average molecular weight is 414 g/mol. The minimum atomic E-state index is -0.259. The number of carbonyl (C=O) groups is 2. The lowest BCUT2D eigenvalue weighted by molar-refractivity contribution is -0.125. The van der Waals surface area contributed by atoms with E-state index in [-0.39, 0.29) is 30.2 Å². The van der Waals surface area contributed by atoms with Crippen LogP contribution in [0.15, 0.2) is 29.4 Å². The molecule has 3 atom stereocenters. The van der Waals surface area contributed by atoms with Crippen LogP contribution in [0.2, 0.25) is 0 Å². The van der Waals surface area contributed by atoms with Crippen molar-refractivity contribution in [2.75, 3.05) is 31.1 Å². The molecule has 9 heteroatoms. The summed E-state index contributed by atoms with van der Waals surface area (Å²) in [5.74, 6) is 0.924. The van der Waals surface area contributed by atoms with E-state index in [9.17, 15) is 9.59 Å². The molecule has 8 nitrogen and oxygen atoms in total. The molecule has 0 N–H and O–H groups in total. The van der Waals surface area contributed by atoms with E-state index in [1.165, 1.54) is 0 Å². The Morgan fingerprint density at radius 1 is 1.28 bits per heavy atom. The van der Waals surface area contributed by atoms with Crippen molar-refractivity contribution in [1.82, 2.24) is 19.8 Å². The molecular formula is C20H23N5O3S. The summed E-state index contributed by atoms with van der Waals surface area (Å²) in [5.41, 5.74) is 1.92. The van der Waals surface area contributed by atoms with Gasteiger partial charge in [0.2, 0.25) is 5.91 Å². The van der Waals surface area contributed by atoms with Gasteiger partial charge >= 0.3 is 6.09 Å². The second-order valence-electron chi connectivity index (χ2n) is 8.08. The van der Waals surface area contributed by atoms with Crippen molar-refractivity contribution >= 4 is 39.4 Å². The van der Waals surface area contributed by atoms with Crippen LogP contribution in [-0.2, 0) is 9.53 Å². The van der Waals surface area contributed by atoms with Gasteiger partial charge in [0.1, 0.15) is 18.2 Å². The van der Waals surface area contributed by atoms with Gasteiger partial charge in [-0.1, -0.05) is 5.57 Å². The van der Waals surface area contributed by atoms with Gasteiger partial charge in [-0.25, -0.2) is 14.8 Å². The summed E-state index contributed by atoms with van der Waals surface area (Å²) in [6.45, 7) is 6.36. The molecule has 152 valence electrons. The third-order valence-corrected chi connectivity index (χ3v) is 6.76. The van der Waals surface area contributed by atoms with Crippen molar-refractivity contribution in [2.24, 2.45) is 0 Å². The van der Waals surface area contributed by atoms with Gasteiger partial charge in [-0.15, -0.1) is 11.3 Å². The molecule has 3 saturated heterocycles. The summed E-state index contributed by atoms with van der Waals surface area (Å²) in [6.07, 6.45) is 3.60. The zero-order chi connectivity index (χ0) is 20.1. The van der Waals surface area contributed by atoms with E-state index in [4.69, 9.17) is 4.74 Å². The van der Waals surface area contributed by atoms with Crippen molar-refractivity contribution in [3.8, 4) is 0 Å². The predicted molar refractivity (Wildman–Crippen MR) is 110 cm³/mol. The van der Waals surface area contributed by atoms with Gasteiger partial charge in [-0.05, 0) is 31.7 Å². The van der Waals surface area contributed by atoms with Crippen LogP contribution < -0.4 is 4.90 Å². The monoisotopic (exact) mass is 413 g/mol. The molecule has 1 unspecified atom stereocenters. The van der Waals surface area contributed by atoms with E-state index in [1.807, 2.05) is 35.1 Å². The number of aromatic nitrogens is 2. The van der Waals surface area contributed by atoms with Crippen molar-refractivity contribution in [3.05, 3.63) is 29.4 Å². The summed E-state index contributed by atoms with van der Waals surface area (Å²) in [7, 11) is 0. The van der Waals surface area contributed by atoms with Crippen LogP contribution in [0.3, 0.4) is 0 Å². The molecule has 0 bridgehead atoms. The largest absolute Gasteiger partial charge is 0.442 e. The van der Waals surface area contributed by atoms with Gasteiger partial charge in [0.25, 0.3) is 0 Å². The first-order valence-corrected chi connectivity index (χ1v) is 10.7. The zero-order valence-corrected chi connectivity index (χ0v) is 17.3. The Bertz CT molecular complexity index is 1000. The lowest BCUT2D eigenvalue weighted by Gasteiger charge is -2.28. The number of rotatable bonds is 3. The molecule has 3 fully saturated rings. The van der Waals surface area contributed by atoms with Crippen LogP contribution in [0.4, 0.5) is 10.6 Å². The standard InChI is InChI=1S/C20H23N5O3S/c1-12(2)7-17(26)23-5-3-13(8-23)25-15-9-24(10-16(15)28-20(25)27)19-18-14(4-6-29-18)21-11-22-19/h4,6-7,11,13,15-16H,3,5,8-10H2,1-2H3/t13?,15-,16+/m1/s1. The number of nitrogens with zero attached hydrogens (tertiary/aromatic N) is 5. The van der Waals surface area contributed by atoms with E-state index in [1.54, 1.807) is 23.7 Å². The van der Waals surface area contributed by atoms with E-state index in [0.717, 1.165) is 28.0 Å². The average Bonchev–Trinajstić information content (AvgIpc) is 3.43. The molecular weight excluding hydrogens is 390 g/mol. The Labute approximate surface area is 172 Å². The highest BCUT2D eigenvalue weighted by atomic mass is 32.1. The zero-order valence-electron chi connectivity index (χ0n) is 16.4. The number of hydrogen-bond acceptors (Lipinski definition) is 7. The lowest BCUT2D eigenvalue weighted by Crippen LogP contribution is -2.46. The van der Waals surface area contributed by atoms with Crippen LogP contribution in [0.1, 0.15) is 20.3 Å². The molecule has 3 aliphatic heterocycles. The van der Waals surface area contributed by atoms with E-state index < -0.39 is 0 Å². The number of ether oxygens (including phenoxy) is 1. The van der Waals surface area contributed by atoms with Gasteiger partial charge in [0.05, 0.1) is 28.8 Å². The number of likely N-dealkylation sites (tertiary alicyclic amines) is 1. The Morgan fingerprint density at radius 3 is 2.97 bits per heavy atom. The quantitative estimate of drug-likeness (QED) is 0.719. The van der Waals surface area contributed by atoms with E-state index in [0.29, 0.717) is 26.2 Å². The normalized spacial score (nSPS) is 26.2. The van der Waals surface area contributed by atoms with E-state index in [2.05, 4.69) is 14.9 Å². The van der Waals surface area contributed by atoms with Crippen LogP contribution in [-0.4, -0.2) is 76.1 Å². The highest BCUT2D eigenvalue weighted by molar-refractivity contribution is 7.17. The highest BCUT2D eigenvalue weighted by Crippen LogP contribution is 2.36. The number of thiophene rings is 1. The van der Waals surface area contributed by atoms with Gasteiger partial charge in [-0.3, -0.25) is 9.69 Å². The molecule has 2 amide bonds. The maximum Gasteiger partial charge on any atom is 0.410 e. The Morgan fingerprint density at radius 2 is 2.14 bits per heavy atom. The summed E-state index contributed by atoms with van der Waals surface area (Å²) in [4.78, 5) is 39.6. The maximum absolute atomic E-state index is 12.6. The van der Waals surface area contributed by atoms with Crippen molar-refractivity contribution < 1.29 is 14.3 Å². The minimum absolute atomic E-state index is 0.000817. The number of carbonyl (C=O) groups excluding carboxylic acids is 2. The molecule has 0 radical (unpaired) electrons. The maximum atomic E-state index is 12.6. The topological polar surface area (TPSA) is 78.9 Å². The fraction of sp³-hybridized carbons (Fsp3) is 0.500. The predicted octanol–water partition coefficient (Wildman–Crippen LogP) is 2.27. The van der Waals surface area contributed by atoms with Crippen LogP contribution in [0.5, 0.6) is 0 Å². The SMILES string of the molecule is CC(C)=CC(=O)N1CCC(N2C(=O)O[C@H]3CN(c4ncnc5ccsc45)C[C@H]32)C1. The first-order chi connectivity index (χ1) is 14.0. The fourth-order valence-electron chi connectivity index (χ4n) is 4.57. The van der Waals surface area contributed by atoms with Gasteiger partial charge in [0.15, 0.2) is 0 Å². The first-order valence-electron chi connectivity index (χ1n) is 9.87. The summed E-state index contributed by atoms with van der Waals surface area (Å²) >= 11 is 1.63. The van der Waals surface area contributed by atoms with Crippen molar-refractivity contribution in [2.45, 2.75) is 38.5 Å². The van der Waals surface area contributed by atoms with Crippen molar-refractivity contribution in [1.29, 1.82) is 0 Å². The fourth-order valence-corrected chi connectivity index (χ4v) is 5.43. The van der Waals surface area contributed by atoms with Crippen LogP contribution in [0.25, 0.3) is 10.2 Å². The van der Waals surface area contributed by atoms with E-state index >= 15 is 0 Å². The third-order valence-electron chi connectivity index (χ3n) is 5.86. The van der Waals surface area contributed by atoms with Crippen LogP contribution >= 0.6 is 11.3 Å². The van der Waals surface area contributed by atoms with Crippen molar-refractivity contribution in [3.63, 3.8) is 0 Å². The molecule has 0 spiro atoms. The number of fused-ring (bicyclic) bond motifs is 2. The number of anilines is 1. The smallest absolute Gasteiger partial charge is 0.410 e. The first kappa shape index (κ1) is 18.4. The third kappa shape index (κ3) is 3.13. The Hall–Kier alpha value is -2.68. The molecule has 2 aromatic rings. The second kappa shape index (κ2) is 6.98. The second-order valence-corrected chi connectivity index (χ2v) is 9.00. The summed E-state index contributed by atoms with van der Waals surface area (Å²) in [5, 5.41) is 2.02. The molecule has 29 heavy (non-hydrogen) atoms. The highest BCUT2D eigenvalue weighted by Gasteiger charge is 2.51. The molecule has 5 heterocycles. The molecule has 3 aliphatic rings. The Kier molecular flexibility index (Phi) is 4.42. The molecule has 0 aliphatic carbocycles. The number of allylic oxidation sites excluding steroid dienone is 1. The Balaban J connectivity index is 1.33. The number of hydrogen-bond donors (Lipinski definition) is 0. The molecule has 0 aromatic carbocycles. The lowest BCUT2D eigenvalue weighted by atomic mass is 10.1. The summed E-state index contributed by atoms with van der Waals surface area (Å²) in [6, 6.07) is 1.97.